The molecule has 0 fully saturated rings. The first-order valence-corrected chi connectivity index (χ1v) is 3.44. The molecule has 62 valence electrons. The third kappa shape index (κ3) is 2.23. The Morgan fingerprint density at radius 3 is 2.36 bits per heavy atom. The van der Waals surface area contributed by atoms with Crippen molar-refractivity contribution in [1.29, 1.82) is 5.26 Å². The zero-order chi connectivity index (χ0) is 9.07. The summed E-state index contributed by atoms with van der Waals surface area (Å²) in [4.78, 5) is 10.9. The zero-order valence-corrected chi connectivity index (χ0v) is 7.34. The maximum atomic E-state index is 10.9. The lowest BCUT2D eigenvalue weighted by atomic mass is 9.82. The summed E-state index contributed by atoms with van der Waals surface area (Å²) in [5.74, 6) is -0.714. The van der Waals surface area contributed by atoms with Crippen molar-refractivity contribution in [3.63, 3.8) is 0 Å². The van der Waals surface area contributed by atoms with E-state index in [0.29, 0.717) is 0 Å². The highest BCUT2D eigenvalue weighted by Gasteiger charge is 2.31. The second-order valence-electron chi connectivity index (χ2n) is 3.08. The van der Waals surface area contributed by atoms with Crippen LogP contribution in [-0.4, -0.2) is 13.1 Å². The van der Waals surface area contributed by atoms with Crippen LogP contribution in [-0.2, 0) is 9.53 Å². The van der Waals surface area contributed by atoms with Crippen LogP contribution < -0.4 is 0 Å². The van der Waals surface area contributed by atoms with Gasteiger partial charge in [0.1, 0.15) is 0 Å². The highest BCUT2D eigenvalue weighted by molar-refractivity contribution is 5.73. The van der Waals surface area contributed by atoms with Crippen LogP contribution in [0.25, 0.3) is 0 Å². The monoisotopic (exact) mass is 155 g/mol. The molecule has 0 saturated carbocycles. The van der Waals surface area contributed by atoms with Gasteiger partial charge in [0, 0.05) is 0 Å². The van der Waals surface area contributed by atoms with Crippen LogP contribution in [0.2, 0.25) is 0 Å². The van der Waals surface area contributed by atoms with Gasteiger partial charge in [-0.3, -0.25) is 4.79 Å². The van der Waals surface area contributed by atoms with Gasteiger partial charge in [0.05, 0.1) is 24.5 Å². The van der Waals surface area contributed by atoms with E-state index >= 15 is 0 Å². The molecule has 3 nitrogen and oxygen atoms in total. The minimum atomic E-state index is -0.646. The summed E-state index contributed by atoms with van der Waals surface area (Å²) in [6.45, 7) is 5.12. The summed E-state index contributed by atoms with van der Waals surface area (Å²) in [5.41, 5.74) is -0.646. The SMILES string of the molecule is COC(=O)C(C)C(C)(C)C#N. The molecule has 0 saturated heterocycles. The van der Waals surface area contributed by atoms with Crippen LogP contribution in [0, 0.1) is 22.7 Å². The van der Waals surface area contributed by atoms with Crippen molar-refractivity contribution < 1.29 is 9.53 Å². The fourth-order valence-corrected chi connectivity index (χ4v) is 0.568. The van der Waals surface area contributed by atoms with E-state index < -0.39 is 5.41 Å². The van der Waals surface area contributed by atoms with Gasteiger partial charge in [0.2, 0.25) is 0 Å². The van der Waals surface area contributed by atoms with Crippen molar-refractivity contribution in [1.82, 2.24) is 0 Å². The maximum absolute atomic E-state index is 10.9. The number of nitrogens with zero attached hydrogens (tertiary/aromatic N) is 1. The molecular formula is C8H13NO2. The fraction of sp³-hybridized carbons (Fsp3) is 0.750. The first kappa shape index (κ1) is 9.96. The smallest absolute Gasteiger partial charge is 0.309 e. The predicted molar refractivity (Wildman–Crippen MR) is 40.6 cm³/mol. The summed E-state index contributed by atoms with van der Waals surface area (Å²) in [6.07, 6.45) is 0. The topological polar surface area (TPSA) is 50.1 Å². The summed E-state index contributed by atoms with van der Waals surface area (Å²) in [6, 6.07) is 2.06. The number of hydrogen-bond donors (Lipinski definition) is 0. The maximum Gasteiger partial charge on any atom is 0.309 e. The molecule has 0 spiro atoms. The number of methoxy groups -OCH3 is 1. The Balaban J connectivity index is 4.38. The standard InChI is InChI=1S/C8H13NO2/c1-6(7(10)11-4)8(2,3)5-9/h6H,1-4H3. The van der Waals surface area contributed by atoms with Crippen LogP contribution in [0.3, 0.4) is 0 Å². The first-order valence-electron chi connectivity index (χ1n) is 3.44. The summed E-state index contributed by atoms with van der Waals surface area (Å²) in [7, 11) is 1.33. The number of hydrogen-bond acceptors (Lipinski definition) is 3. The molecule has 0 aromatic rings. The normalized spacial score (nSPS) is 13.4. The molecule has 11 heavy (non-hydrogen) atoms. The second kappa shape index (κ2) is 3.38. The van der Waals surface area contributed by atoms with E-state index in [9.17, 15) is 4.79 Å². The molecule has 0 aliphatic heterocycles. The number of nitriles is 1. The quantitative estimate of drug-likeness (QED) is 0.565. The van der Waals surface area contributed by atoms with Gasteiger partial charge in [-0.25, -0.2) is 0 Å². The lowest BCUT2D eigenvalue weighted by molar-refractivity contribution is -0.147. The second-order valence-corrected chi connectivity index (χ2v) is 3.08. The van der Waals surface area contributed by atoms with Crippen LogP contribution in [0.5, 0.6) is 0 Å². The Morgan fingerprint density at radius 1 is 1.64 bits per heavy atom. The number of rotatable bonds is 2. The van der Waals surface area contributed by atoms with Crippen molar-refractivity contribution in [2.45, 2.75) is 20.8 Å². The van der Waals surface area contributed by atoms with Gasteiger partial charge in [-0.2, -0.15) is 5.26 Å². The summed E-state index contributed by atoms with van der Waals surface area (Å²) < 4.78 is 4.51. The average molecular weight is 155 g/mol. The van der Waals surface area contributed by atoms with Gasteiger partial charge in [0.25, 0.3) is 0 Å². The average Bonchev–Trinajstić information content (AvgIpc) is 2.01. The van der Waals surface area contributed by atoms with Crippen molar-refractivity contribution in [3.8, 4) is 6.07 Å². The zero-order valence-electron chi connectivity index (χ0n) is 7.34. The molecule has 0 aromatic heterocycles. The fourth-order valence-electron chi connectivity index (χ4n) is 0.568. The van der Waals surface area contributed by atoms with E-state index in [1.54, 1.807) is 20.8 Å². The molecule has 0 N–H and O–H groups in total. The third-order valence-corrected chi connectivity index (χ3v) is 1.93. The highest BCUT2D eigenvalue weighted by atomic mass is 16.5. The van der Waals surface area contributed by atoms with Crippen molar-refractivity contribution in [3.05, 3.63) is 0 Å². The highest BCUT2D eigenvalue weighted by Crippen LogP contribution is 2.25. The number of carbonyl (C=O) groups is 1. The first-order chi connectivity index (χ1) is 4.95. The lowest BCUT2D eigenvalue weighted by Gasteiger charge is -2.21. The van der Waals surface area contributed by atoms with E-state index in [2.05, 4.69) is 10.8 Å². The van der Waals surface area contributed by atoms with E-state index in [1.165, 1.54) is 7.11 Å². The van der Waals surface area contributed by atoms with Gasteiger partial charge in [-0.05, 0) is 13.8 Å². The molecule has 0 bridgehead atoms. The van der Waals surface area contributed by atoms with Gasteiger partial charge in [0.15, 0.2) is 0 Å². The van der Waals surface area contributed by atoms with E-state index in [0.717, 1.165) is 0 Å². The largest absolute Gasteiger partial charge is 0.469 e. The molecule has 0 aliphatic rings. The number of ether oxygens (including phenoxy) is 1. The molecule has 0 amide bonds. The van der Waals surface area contributed by atoms with Gasteiger partial charge >= 0.3 is 5.97 Å². The van der Waals surface area contributed by atoms with Crippen molar-refractivity contribution in [2.24, 2.45) is 11.3 Å². The van der Waals surface area contributed by atoms with Crippen molar-refractivity contribution in [2.75, 3.05) is 7.11 Å². The van der Waals surface area contributed by atoms with E-state index in [4.69, 9.17) is 5.26 Å². The summed E-state index contributed by atoms with van der Waals surface area (Å²) >= 11 is 0. The Hall–Kier alpha value is -1.04. The predicted octanol–water partition coefficient (Wildman–Crippen LogP) is 1.35. The van der Waals surface area contributed by atoms with Gasteiger partial charge in [-0.15, -0.1) is 0 Å². The van der Waals surface area contributed by atoms with E-state index in [1.807, 2.05) is 0 Å². The third-order valence-electron chi connectivity index (χ3n) is 1.93. The Morgan fingerprint density at radius 2 is 2.09 bits per heavy atom. The summed E-state index contributed by atoms with van der Waals surface area (Å²) in [5, 5.41) is 8.65. The number of carbonyl (C=O) groups excluding carboxylic acids is 1. The molecule has 0 radical (unpaired) electrons. The van der Waals surface area contributed by atoms with E-state index in [-0.39, 0.29) is 11.9 Å². The molecule has 1 unspecified atom stereocenters. The molecule has 0 aliphatic carbocycles. The number of esters is 1. The molecule has 0 heterocycles. The molecule has 0 aromatic carbocycles. The van der Waals surface area contributed by atoms with Crippen molar-refractivity contribution >= 4 is 5.97 Å². The Labute approximate surface area is 67.0 Å². The van der Waals surface area contributed by atoms with Gasteiger partial charge in [-0.1, -0.05) is 6.92 Å². The molecule has 0 rings (SSSR count). The van der Waals surface area contributed by atoms with Crippen LogP contribution >= 0.6 is 0 Å². The Bertz CT molecular complexity index is 191. The molecule has 1 atom stereocenters. The van der Waals surface area contributed by atoms with Gasteiger partial charge < -0.3 is 4.74 Å². The minimum Gasteiger partial charge on any atom is -0.469 e. The van der Waals surface area contributed by atoms with Crippen LogP contribution in [0.1, 0.15) is 20.8 Å². The molecule has 3 heteroatoms. The van der Waals surface area contributed by atoms with Crippen LogP contribution in [0.15, 0.2) is 0 Å². The minimum absolute atomic E-state index is 0.337. The molecular weight excluding hydrogens is 142 g/mol. The Kier molecular flexibility index (Phi) is 3.06. The lowest BCUT2D eigenvalue weighted by Crippen LogP contribution is -2.28. The van der Waals surface area contributed by atoms with Crippen LogP contribution in [0.4, 0.5) is 0 Å².